The lowest BCUT2D eigenvalue weighted by molar-refractivity contribution is 0.0696. The fraction of sp³-hybridized carbons (Fsp3) is 0.231. The first kappa shape index (κ1) is 13.5. The predicted molar refractivity (Wildman–Crippen MR) is 72.3 cm³/mol. The first-order valence-corrected chi connectivity index (χ1v) is 6.53. The third kappa shape index (κ3) is 2.73. The average molecular weight is 280 g/mol. The summed E-state index contributed by atoms with van der Waals surface area (Å²) in [6.45, 7) is 1.95. The van der Waals surface area contributed by atoms with Crippen molar-refractivity contribution in [2.24, 2.45) is 0 Å². The number of rotatable bonds is 4. The van der Waals surface area contributed by atoms with Crippen molar-refractivity contribution in [2.75, 3.05) is 11.9 Å². The van der Waals surface area contributed by atoms with Gasteiger partial charge in [-0.2, -0.15) is 0 Å². The number of carboxylic acids is 1. The van der Waals surface area contributed by atoms with Crippen molar-refractivity contribution in [3.63, 3.8) is 0 Å². The van der Waals surface area contributed by atoms with Gasteiger partial charge in [0.05, 0.1) is 12.2 Å². The molecular weight excluding hydrogens is 267 g/mol. The number of carbonyl (C=O) groups is 1. The summed E-state index contributed by atoms with van der Waals surface area (Å²) in [6, 6.07) is 4.86. The lowest BCUT2D eigenvalue weighted by atomic mass is 10.2. The molecule has 2 aromatic heterocycles. The predicted octanol–water partition coefficient (Wildman–Crippen LogP) is 3.18. The number of carboxylic acid groups (broad SMARTS) is 1. The summed E-state index contributed by atoms with van der Waals surface area (Å²) in [7, 11) is 1.75. The quantitative estimate of drug-likeness (QED) is 0.934. The number of pyridine rings is 1. The summed E-state index contributed by atoms with van der Waals surface area (Å²) in [6.07, 6.45) is 1.03. The third-order valence-electron chi connectivity index (χ3n) is 2.93. The molecule has 6 heteroatoms. The number of hydrogen-bond donors (Lipinski definition) is 1. The molecule has 2 heterocycles. The summed E-state index contributed by atoms with van der Waals surface area (Å²) < 4.78 is 13.1. The van der Waals surface area contributed by atoms with Gasteiger partial charge in [-0.05, 0) is 24.4 Å². The minimum Gasteiger partial charge on any atom is -0.478 e. The van der Waals surface area contributed by atoms with Crippen LogP contribution in [0, 0.1) is 5.82 Å². The average Bonchev–Trinajstić information content (AvgIpc) is 2.90. The normalized spacial score (nSPS) is 12.2. The van der Waals surface area contributed by atoms with E-state index in [-0.39, 0.29) is 17.4 Å². The zero-order valence-corrected chi connectivity index (χ0v) is 11.3. The van der Waals surface area contributed by atoms with Crippen molar-refractivity contribution in [1.82, 2.24) is 4.98 Å². The summed E-state index contributed by atoms with van der Waals surface area (Å²) in [4.78, 5) is 17.9. The van der Waals surface area contributed by atoms with E-state index in [9.17, 15) is 9.18 Å². The highest BCUT2D eigenvalue weighted by Crippen LogP contribution is 2.29. The molecule has 0 saturated carbocycles. The minimum absolute atomic E-state index is 0.0314. The van der Waals surface area contributed by atoms with Gasteiger partial charge in [-0.15, -0.1) is 11.3 Å². The van der Waals surface area contributed by atoms with Crippen LogP contribution in [0.1, 0.15) is 28.2 Å². The monoisotopic (exact) mass is 280 g/mol. The lowest BCUT2D eigenvalue weighted by Crippen LogP contribution is -2.24. The van der Waals surface area contributed by atoms with E-state index in [4.69, 9.17) is 5.11 Å². The Hall–Kier alpha value is -1.95. The van der Waals surface area contributed by atoms with Gasteiger partial charge >= 0.3 is 5.97 Å². The molecule has 0 aliphatic carbocycles. The van der Waals surface area contributed by atoms with Crippen LogP contribution in [0.5, 0.6) is 0 Å². The topological polar surface area (TPSA) is 53.4 Å². The Balaban J connectivity index is 2.38. The minimum atomic E-state index is -1.19. The van der Waals surface area contributed by atoms with E-state index < -0.39 is 11.8 Å². The van der Waals surface area contributed by atoms with Crippen molar-refractivity contribution in [3.05, 3.63) is 46.0 Å². The number of nitrogens with zero attached hydrogens (tertiary/aromatic N) is 2. The number of thiophene rings is 1. The van der Waals surface area contributed by atoms with Gasteiger partial charge in [0, 0.05) is 11.9 Å². The third-order valence-corrected chi connectivity index (χ3v) is 3.98. The highest BCUT2D eigenvalue weighted by atomic mass is 32.1. The van der Waals surface area contributed by atoms with Crippen molar-refractivity contribution in [1.29, 1.82) is 0 Å². The van der Waals surface area contributed by atoms with E-state index in [0.717, 1.165) is 17.1 Å². The highest BCUT2D eigenvalue weighted by molar-refractivity contribution is 7.10. The molecule has 0 spiro atoms. The standard InChI is InChI=1S/C13H13FN2O2S/c1-8(11-4-3-5-19-11)16(2)12-10(13(17)18)6-9(14)7-15-12/h3-8H,1-2H3,(H,17,18). The molecule has 2 aromatic rings. The van der Waals surface area contributed by atoms with E-state index in [1.807, 2.05) is 24.4 Å². The molecule has 0 fully saturated rings. The van der Waals surface area contributed by atoms with E-state index in [2.05, 4.69) is 4.98 Å². The van der Waals surface area contributed by atoms with Gasteiger partial charge in [0.15, 0.2) is 0 Å². The van der Waals surface area contributed by atoms with E-state index in [0.29, 0.717) is 0 Å². The number of halogens is 1. The lowest BCUT2D eigenvalue weighted by Gasteiger charge is -2.26. The van der Waals surface area contributed by atoms with Crippen LogP contribution in [-0.4, -0.2) is 23.1 Å². The molecule has 19 heavy (non-hydrogen) atoms. The van der Waals surface area contributed by atoms with Crippen molar-refractivity contribution in [2.45, 2.75) is 13.0 Å². The van der Waals surface area contributed by atoms with Gasteiger partial charge in [0.2, 0.25) is 0 Å². The van der Waals surface area contributed by atoms with Gasteiger partial charge in [-0.25, -0.2) is 14.2 Å². The number of aromatic carboxylic acids is 1. The van der Waals surface area contributed by atoms with Gasteiger partial charge in [-0.1, -0.05) is 6.07 Å². The van der Waals surface area contributed by atoms with Crippen LogP contribution >= 0.6 is 11.3 Å². The second-order valence-corrected chi connectivity index (χ2v) is 5.11. The zero-order chi connectivity index (χ0) is 14.0. The smallest absolute Gasteiger partial charge is 0.339 e. The SMILES string of the molecule is CC(c1cccs1)N(C)c1ncc(F)cc1C(=O)O. The van der Waals surface area contributed by atoms with Crippen LogP contribution in [0.4, 0.5) is 10.2 Å². The van der Waals surface area contributed by atoms with Crippen molar-refractivity contribution < 1.29 is 14.3 Å². The Bertz CT molecular complexity index is 586. The Morgan fingerprint density at radius 1 is 1.58 bits per heavy atom. The molecule has 0 amide bonds. The molecule has 4 nitrogen and oxygen atoms in total. The summed E-state index contributed by atoms with van der Waals surface area (Å²) in [5.74, 6) is -1.58. The van der Waals surface area contributed by atoms with Gasteiger partial charge < -0.3 is 10.0 Å². The summed E-state index contributed by atoms with van der Waals surface area (Å²) >= 11 is 1.58. The number of aromatic nitrogens is 1. The van der Waals surface area contributed by atoms with Crippen LogP contribution < -0.4 is 4.90 Å². The molecule has 0 aliphatic rings. The second kappa shape index (κ2) is 5.36. The van der Waals surface area contributed by atoms with Gasteiger partial charge in [0.25, 0.3) is 0 Å². The first-order valence-electron chi connectivity index (χ1n) is 5.65. The Morgan fingerprint density at radius 2 is 2.32 bits per heavy atom. The molecule has 0 saturated heterocycles. The molecule has 0 bridgehead atoms. The largest absolute Gasteiger partial charge is 0.478 e. The number of anilines is 1. The van der Waals surface area contributed by atoms with E-state index in [1.165, 1.54) is 0 Å². The molecule has 0 aliphatic heterocycles. The Kier molecular flexibility index (Phi) is 3.80. The highest BCUT2D eigenvalue weighted by Gasteiger charge is 2.21. The molecule has 2 rings (SSSR count). The Morgan fingerprint density at radius 3 is 2.89 bits per heavy atom. The molecule has 0 aromatic carbocycles. The van der Waals surface area contributed by atoms with Crippen LogP contribution in [0.15, 0.2) is 29.8 Å². The molecular formula is C13H13FN2O2S. The van der Waals surface area contributed by atoms with Gasteiger partial charge in [0.1, 0.15) is 17.2 Å². The zero-order valence-electron chi connectivity index (χ0n) is 10.5. The molecule has 0 radical (unpaired) electrons. The maximum absolute atomic E-state index is 13.1. The van der Waals surface area contributed by atoms with Crippen LogP contribution in [0.25, 0.3) is 0 Å². The second-order valence-electron chi connectivity index (χ2n) is 4.13. The van der Waals surface area contributed by atoms with Crippen LogP contribution in [0.3, 0.4) is 0 Å². The van der Waals surface area contributed by atoms with Crippen molar-refractivity contribution >= 4 is 23.1 Å². The summed E-state index contributed by atoms with van der Waals surface area (Å²) in [5, 5.41) is 11.1. The Labute approximate surface area is 114 Å². The molecule has 100 valence electrons. The van der Waals surface area contributed by atoms with Crippen molar-refractivity contribution in [3.8, 4) is 0 Å². The van der Waals surface area contributed by atoms with E-state index >= 15 is 0 Å². The fourth-order valence-corrected chi connectivity index (χ4v) is 2.60. The maximum atomic E-state index is 13.1. The maximum Gasteiger partial charge on any atom is 0.339 e. The molecule has 1 N–H and O–H groups in total. The van der Waals surface area contributed by atoms with E-state index in [1.54, 1.807) is 23.3 Å². The summed E-state index contributed by atoms with van der Waals surface area (Å²) in [5.41, 5.74) is -0.133. The van der Waals surface area contributed by atoms with Crippen LogP contribution in [0.2, 0.25) is 0 Å². The van der Waals surface area contributed by atoms with Crippen LogP contribution in [-0.2, 0) is 0 Å². The fourth-order valence-electron chi connectivity index (χ4n) is 1.77. The number of hydrogen-bond acceptors (Lipinski definition) is 4. The van der Waals surface area contributed by atoms with Gasteiger partial charge in [-0.3, -0.25) is 0 Å². The first-order chi connectivity index (χ1) is 9.00. The molecule has 1 unspecified atom stereocenters. The molecule has 1 atom stereocenters.